The molecule has 1 fully saturated rings. The lowest BCUT2D eigenvalue weighted by Gasteiger charge is -2.36. The summed E-state index contributed by atoms with van der Waals surface area (Å²) >= 11 is 5.95. The fraction of sp³-hybridized carbons (Fsp3) is 0.583. The van der Waals surface area contributed by atoms with Crippen molar-refractivity contribution in [3.05, 3.63) is 23.9 Å². The Kier molecular flexibility index (Phi) is 4.20. The van der Waals surface area contributed by atoms with Crippen molar-refractivity contribution in [3.63, 3.8) is 0 Å². The molecule has 1 aliphatic heterocycles. The third-order valence-corrected chi connectivity index (χ3v) is 3.70. The van der Waals surface area contributed by atoms with E-state index in [1.54, 1.807) is 0 Å². The van der Waals surface area contributed by atoms with Gasteiger partial charge in [0.2, 0.25) is 0 Å². The van der Waals surface area contributed by atoms with Gasteiger partial charge in [0.25, 0.3) is 0 Å². The van der Waals surface area contributed by atoms with Gasteiger partial charge in [0, 0.05) is 25.3 Å². The second-order valence-electron chi connectivity index (χ2n) is 4.58. The van der Waals surface area contributed by atoms with Crippen molar-refractivity contribution in [3.8, 4) is 0 Å². The summed E-state index contributed by atoms with van der Waals surface area (Å²) in [6.07, 6.45) is -1.93. The molecule has 3 nitrogen and oxygen atoms in total. The standard InChI is InChI=1S/C12H14ClF3N2O/c13-8-11(2-5-19-6-3-11)18-10-7-9(1-4-17-10)12(14,15)16/h1,4,7H,2-3,5-6,8H2,(H,17,18). The van der Waals surface area contributed by atoms with Gasteiger partial charge in [-0.2, -0.15) is 13.2 Å². The van der Waals surface area contributed by atoms with E-state index >= 15 is 0 Å². The first-order chi connectivity index (χ1) is 8.95. The molecule has 0 amide bonds. The summed E-state index contributed by atoms with van der Waals surface area (Å²) in [4.78, 5) is 3.93. The number of hydrogen-bond donors (Lipinski definition) is 1. The first-order valence-corrected chi connectivity index (χ1v) is 6.44. The second-order valence-corrected chi connectivity index (χ2v) is 4.85. The number of halogens is 4. The molecule has 0 unspecified atom stereocenters. The SMILES string of the molecule is FC(F)(F)c1ccnc(NC2(CCl)CCOCC2)c1. The summed E-state index contributed by atoms with van der Waals surface area (Å²) in [6, 6.07) is 1.95. The molecule has 0 aromatic carbocycles. The zero-order chi connectivity index (χ0) is 13.9. The van der Waals surface area contributed by atoms with Gasteiger partial charge in [-0.25, -0.2) is 4.98 Å². The maximum Gasteiger partial charge on any atom is 0.416 e. The summed E-state index contributed by atoms with van der Waals surface area (Å²) in [6.45, 7) is 1.08. The number of nitrogens with one attached hydrogen (secondary N) is 1. The van der Waals surface area contributed by atoms with E-state index < -0.39 is 17.3 Å². The van der Waals surface area contributed by atoms with Crippen LogP contribution in [0.25, 0.3) is 0 Å². The van der Waals surface area contributed by atoms with Crippen LogP contribution in [0.4, 0.5) is 19.0 Å². The monoisotopic (exact) mass is 294 g/mol. The lowest BCUT2D eigenvalue weighted by molar-refractivity contribution is -0.137. The highest BCUT2D eigenvalue weighted by molar-refractivity contribution is 6.18. The van der Waals surface area contributed by atoms with E-state index in [4.69, 9.17) is 16.3 Å². The molecular formula is C12H14ClF3N2O. The molecule has 7 heteroatoms. The molecule has 0 spiro atoms. The van der Waals surface area contributed by atoms with Crippen LogP contribution in [0, 0.1) is 0 Å². The van der Waals surface area contributed by atoms with E-state index in [1.807, 2.05) is 0 Å². The number of hydrogen-bond acceptors (Lipinski definition) is 3. The fourth-order valence-electron chi connectivity index (χ4n) is 2.00. The molecular weight excluding hydrogens is 281 g/mol. The van der Waals surface area contributed by atoms with Gasteiger partial charge in [0.05, 0.1) is 11.1 Å². The number of ether oxygens (including phenoxy) is 1. The molecule has 1 aliphatic rings. The third-order valence-electron chi connectivity index (χ3n) is 3.19. The Hall–Kier alpha value is -1.01. The minimum atomic E-state index is -4.37. The summed E-state index contributed by atoms with van der Waals surface area (Å²) in [5.41, 5.74) is -1.17. The molecule has 1 aromatic heterocycles. The second kappa shape index (κ2) is 5.54. The molecule has 0 bridgehead atoms. The van der Waals surface area contributed by atoms with Crippen LogP contribution in [-0.4, -0.2) is 29.6 Å². The summed E-state index contributed by atoms with van der Waals surface area (Å²) in [5.74, 6) is 0.492. The number of pyridine rings is 1. The molecule has 0 aliphatic carbocycles. The lowest BCUT2D eigenvalue weighted by Crippen LogP contribution is -2.45. The van der Waals surface area contributed by atoms with E-state index in [0.717, 1.165) is 18.3 Å². The topological polar surface area (TPSA) is 34.2 Å². The van der Waals surface area contributed by atoms with Crippen LogP contribution in [0.5, 0.6) is 0 Å². The van der Waals surface area contributed by atoms with Crippen LogP contribution in [0.2, 0.25) is 0 Å². The average Bonchev–Trinajstić information content (AvgIpc) is 2.39. The molecule has 19 heavy (non-hydrogen) atoms. The van der Waals surface area contributed by atoms with Gasteiger partial charge in [-0.05, 0) is 25.0 Å². The number of nitrogens with zero attached hydrogens (tertiary/aromatic N) is 1. The molecule has 1 N–H and O–H groups in total. The maximum atomic E-state index is 12.6. The van der Waals surface area contributed by atoms with E-state index in [9.17, 15) is 13.2 Å². The van der Waals surface area contributed by atoms with E-state index in [1.165, 1.54) is 0 Å². The van der Waals surface area contributed by atoms with Crippen molar-refractivity contribution in [2.45, 2.75) is 24.6 Å². The fourth-order valence-corrected chi connectivity index (χ4v) is 2.34. The average molecular weight is 295 g/mol. The number of rotatable bonds is 3. The van der Waals surface area contributed by atoms with Gasteiger partial charge in [0.1, 0.15) is 5.82 Å². The van der Waals surface area contributed by atoms with Crippen molar-refractivity contribution in [2.75, 3.05) is 24.4 Å². The number of anilines is 1. The van der Waals surface area contributed by atoms with E-state index in [0.29, 0.717) is 31.9 Å². The Morgan fingerprint density at radius 3 is 2.63 bits per heavy atom. The van der Waals surface area contributed by atoms with Gasteiger partial charge in [-0.15, -0.1) is 11.6 Å². The van der Waals surface area contributed by atoms with Crippen LogP contribution < -0.4 is 5.32 Å². The predicted molar refractivity (Wildman–Crippen MR) is 66.4 cm³/mol. The van der Waals surface area contributed by atoms with Gasteiger partial charge < -0.3 is 10.1 Å². The lowest BCUT2D eigenvalue weighted by atomic mass is 9.92. The smallest absolute Gasteiger partial charge is 0.381 e. The number of alkyl halides is 4. The molecule has 2 rings (SSSR count). The van der Waals surface area contributed by atoms with Crippen LogP contribution in [0.3, 0.4) is 0 Å². The zero-order valence-corrected chi connectivity index (χ0v) is 10.9. The van der Waals surface area contributed by atoms with E-state index in [2.05, 4.69) is 10.3 Å². The largest absolute Gasteiger partial charge is 0.416 e. The third kappa shape index (κ3) is 3.51. The molecule has 106 valence electrons. The summed E-state index contributed by atoms with van der Waals surface area (Å²) < 4.78 is 43.1. The van der Waals surface area contributed by atoms with Crippen molar-refractivity contribution in [2.24, 2.45) is 0 Å². The first-order valence-electron chi connectivity index (χ1n) is 5.90. The zero-order valence-electron chi connectivity index (χ0n) is 10.1. The molecule has 0 saturated carbocycles. The van der Waals surface area contributed by atoms with Gasteiger partial charge in [-0.3, -0.25) is 0 Å². The van der Waals surface area contributed by atoms with Crippen molar-refractivity contribution < 1.29 is 17.9 Å². The molecule has 0 radical (unpaired) electrons. The quantitative estimate of drug-likeness (QED) is 0.869. The Morgan fingerprint density at radius 1 is 1.37 bits per heavy atom. The Bertz CT molecular complexity index is 433. The van der Waals surface area contributed by atoms with Gasteiger partial charge in [0.15, 0.2) is 0 Å². The normalized spacial score (nSPS) is 19.2. The van der Waals surface area contributed by atoms with Crippen LogP contribution in [0.15, 0.2) is 18.3 Å². The molecule has 1 saturated heterocycles. The predicted octanol–water partition coefficient (Wildman–Crippen LogP) is 3.30. The Labute approximate surface area is 114 Å². The van der Waals surface area contributed by atoms with Crippen LogP contribution >= 0.6 is 11.6 Å². The van der Waals surface area contributed by atoms with Crippen LogP contribution in [-0.2, 0) is 10.9 Å². The van der Waals surface area contributed by atoms with Crippen LogP contribution in [0.1, 0.15) is 18.4 Å². The highest BCUT2D eigenvalue weighted by Gasteiger charge is 2.34. The molecule has 0 atom stereocenters. The Balaban J connectivity index is 2.18. The van der Waals surface area contributed by atoms with Gasteiger partial charge >= 0.3 is 6.18 Å². The van der Waals surface area contributed by atoms with Crippen molar-refractivity contribution >= 4 is 17.4 Å². The first kappa shape index (κ1) is 14.4. The van der Waals surface area contributed by atoms with E-state index in [-0.39, 0.29) is 5.82 Å². The highest BCUT2D eigenvalue weighted by Crippen LogP contribution is 2.32. The molecule has 2 heterocycles. The molecule has 1 aromatic rings. The summed E-state index contributed by atoms with van der Waals surface area (Å²) in [5, 5.41) is 3.03. The minimum absolute atomic E-state index is 0.192. The van der Waals surface area contributed by atoms with Crippen molar-refractivity contribution in [1.29, 1.82) is 0 Å². The highest BCUT2D eigenvalue weighted by atomic mass is 35.5. The van der Waals surface area contributed by atoms with Crippen molar-refractivity contribution in [1.82, 2.24) is 4.98 Å². The minimum Gasteiger partial charge on any atom is -0.381 e. The maximum absolute atomic E-state index is 12.6. The summed E-state index contributed by atoms with van der Waals surface area (Å²) in [7, 11) is 0. The Morgan fingerprint density at radius 2 is 2.05 bits per heavy atom. The van der Waals surface area contributed by atoms with Gasteiger partial charge in [-0.1, -0.05) is 0 Å². The number of aromatic nitrogens is 1.